The average Bonchev–Trinajstić information content (AvgIpc) is 2.31. The highest BCUT2D eigenvalue weighted by atomic mass is 16.4. The van der Waals surface area contributed by atoms with Crippen LogP contribution in [-0.4, -0.2) is 23.0 Å². The summed E-state index contributed by atoms with van der Waals surface area (Å²) in [4.78, 5) is 22.6. The monoisotopic (exact) mass is 249 g/mol. The van der Waals surface area contributed by atoms with E-state index in [-0.39, 0.29) is 5.91 Å². The topological polar surface area (TPSA) is 66.4 Å². The highest BCUT2D eigenvalue weighted by Gasteiger charge is 2.20. The fourth-order valence-corrected chi connectivity index (χ4v) is 1.75. The number of aliphatic carboxylic acids is 1. The van der Waals surface area contributed by atoms with Crippen molar-refractivity contribution in [1.29, 1.82) is 0 Å². The normalized spacial score (nSPS) is 11.9. The van der Waals surface area contributed by atoms with Gasteiger partial charge in [-0.1, -0.05) is 31.2 Å². The van der Waals surface area contributed by atoms with Crippen molar-refractivity contribution in [2.75, 3.05) is 0 Å². The van der Waals surface area contributed by atoms with Gasteiger partial charge in [-0.25, -0.2) is 4.79 Å². The Hall–Kier alpha value is -1.84. The molecule has 0 aliphatic carbocycles. The minimum Gasteiger partial charge on any atom is -0.480 e. The van der Waals surface area contributed by atoms with Crippen LogP contribution in [0, 0.1) is 6.92 Å². The minimum absolute atomic E-state index is 0.210. The molecular weight excluding hydrogens is 230 g/mol. The van der Waals surface area contributed by atoms with E-state index >= 15 is 0 Å². The van der Waals surface area contributed by atoms with Gasteiger partial charge < -0.3 is 10.4 Å². The molecule has 4 nitrogen and oxygen atoms in total. The molecule has 18 heavy (non-hydrogen) atoms. The van der Waals surface area contributed by atoms with Gasteiger partial charge in [0.2, 0.25) is 5.91 Å². The number of rotatable bonds is 6. The number of carbonyl (C=O) groups is 2. The average molecular weight is 249 g/mol. The van der Waals surface area contributed by atoms with E-state index in [0.29, 0.717) is 19.3 Å². The summed E-state index contributed by atoms with van der Waals surface area (Å²) < 4.78 is 0. The second-order valence-electron chi connectivity index (χ2n) is 4.34. The largest absolute Gasteiger partial charge is 0.480 e. The molecule has 1 rings (SSSR count). The van der Waals surface area contributed by atoms with Crippen LogP contribution in [0.25, 0.3) is 0 Å². The van der Waals surface area contributed by atoms with Crippen LogP contribution in [-0.2, 0) is 16.0 Å². The highest BCUT2D eigenvalue weighted by Crippen LogP contribution is 2.10. The van der Waals surface area contributed by atoms with Gasteiger partial charge in [0.05, 0.1) is 0 Å². The summed E-state index contributed by atoms with van der Waals surface area (Å²) in [5, 5.41) is 11.7. The Labute approximate surface area is 107 Å². The number of carboxylic acid groups (broad SMARTS) is 1. The number of hydrogen-bond donors (Lipinski definition) is 2. The van der Waals surface area contributed by atoms with Crippen LogP contribution in [0.2, 0.25) is 0 Å². The van der Waals surface area contributed by atoms with E-state index in [4.69, 9.17) is 5.11 Å². The van der Waals surface area contributed by atoms with Crippen molar-refractivity contribution in [2.45, 2.75) is 39.2 Å². The van der Waals surface area contributed by atoms with E-state index in [1.165, 1.54) is 0 Å². The van der Waals surface area contributed by atoms with Crippen molar-refractivity contribution in [1.82, 2.24) is 5.32 Å². The van der Waals surface area contributed by atoms with Crippen LogP contribution in [0.3, 0.4) is 0 Å². The quantitative estimate of drug-likeness (QED) is 0.809. The van der Waals surface area contributed by atoms with Crippen molar-refractivity contribution in [3.8, 4) is 0 Å². The van der Waals surface area contributed by atoms with Crippen molar-refractivity contribution in [3.63, 3.8) is 0 Å². The molecule has 0 aromatic heterocycles. The molecule has 1 aromatic rings. The summed E-state index contributed by atoms with van der Waals surface area (Å²) in [6.45, 7) is 3.82. The van der Waals surface area contributed by atoms with Crippen LogP contribution >= 0.6 is 0 Å². The maximum Gasteiger partial charge on any atom is 0.326 e. The van der Waals surface area contributed by atoms with E-state index in [9.17, 15) is 9.59 Å². The van der Waals surface area contributed by atoms with Crippen molar-refractivity contribution in [3.05, 3.63) is 35.4 Å². The van der Waals surface area contributed by atoms with Gasteiger partial charge in [-0.2, -0.15) is 0 Å². The van der Waals surface area contributed by atoms with E-state index < -0.39 is 12.0 Å². The van der Waals surface area contributed by atoms with Gasteiger partial charge in [0.15, 0.2) is 0 Å². The molecule has 0 spiro atoms. The van der Waals surface area contributed by atoms with Crippen molar-refractivity contribution >= 4 is 11.9 Å². The molecule has 4 heteroatoms. The molecule has 0 heterocycles. The first-order valence-electron chi connectivity index (χ1n) is 6.11. The minimum atomic E-state index is -0.997. The third kappa shape index (κ3) is 4.20. The van der Waals surface area contributed by atoms with Gasteiger partial charge in [-0.3, -0.25) is 4.79 Å². The second-order valence-corrected chi connectivity index (χ2v) is 4.34. The standard InChI is InChI=1S/C14H19NO3/c1-3-6-13(16)15-12(14(17)18)9-11-8-5-4-7-10(11)2/h4-5,7-8,12H,3,6,9H2,1-2H3,(H,15,16)(H,17,18). The number of carboxylic acids is 1. The molecule has 1 unspecified atom stereocenters. The maximum atomic E-state index is 11.5. The number of hydrogen-bond acceptors (Lipinski definition) is 2. The van der Waals surface area contributed by atoms with Gasteiger partial charge in [0.25, 0.3) is 0 Å². The summed E-state index contributed by atoms with van der Waals surface area (Å²) in [7, 11) is 0. The number of benzene rings is 1. The summed E-state index contributed by atoms with van der Waals surface area (Å²) in [6, 6.07) is 6.74. The van der Waals surface area contributed by atoms with E-state index in [1.54, 1.807) is 0 Å². The van der Waals surface area contributed by atoms with Crippen LogP contribution in [0.1, 0.15) is 30.9 Å². The molecule has 1 atom stereocenters. The Bertz CT molecular complexity index is 429. The Balaban J connectivity index is 2.72. The van der Waals surface area contributed by atoms with Gasteiger partial charge in [0, 0.05) is 12.8 Å². The smallest absolute Gasteiger partial charge is 0.326 e. The molecule has 0 saturated carbocycles. The van der Waals surface area contributed by atoms with Crippen LogP contribution in [0.15, 0.2) is 24.3 Å². The van der Waals surface area contributed by atoms with Crippen LogP contribution in [0.5, 0.6) is 0 Å². The Morgan fingerprint density at radius 3 is 2.56 bits per heavy atom. The maximum absolute atomic E-state index is 11.5. The first kappa shape index (κ1) is 14.2. The molecule has 1 amide bonds. The fraction of sp³-hybridized carbons (Fsp3) is 0.429. The van der Waals surface area contributed by atoms with Crippen molar-refractivity contribution < 1.29 is 14.7 Å². The van der Waals surface area contributed by atoms with Gasteiger partial charge in [-0.15, -0.1) is 0 Å². The molecule has 0 saturated heterocycles. The summed E-state index contributed by atoms with van der Waals surface area (Å²) in [6.07, 6.45) is 1.39. The first-order chi connectivity index (χ1) is 8.54. The van der Waals surface area contributed by atoms with E-state index in [2.05, 4.69) is 5.32 Å². The molecule has 1 aromatic carbocycles. The lowest BCUT2D eigenvalue weighted by Gasteiger charge is -2.15. The number of carbonyl (C=O) groups excluding carboxylic acids is 1. The predicted molar refractivity (Wildman–Crippen MR) is 69.4 cm³/mol. The Morgan fingerprint density at radius 2 is 2.00 bits per heavy atom. The second kappa shape index (κ2) is 6.79. The van der Waals surface area contributed by atoms with Gasteiger partial charge in [-0.05, 0) is 24.5 Å². The summed E-state index contributed by atoms with van der Waals surface area (Å²) in [5.74, 6) is -1.21. The highest BCUT2D eigenvalue weighted by molar-refractivity contribution is 5.83. The molecule has 2 N–H and O–H groups in total. The van der Waals surface area contributed by atoms with Gasteiger partial charge in [0.1, 0.15) is 6.04 Å². The molecular formula is C14H19NO3. The number of nitrogens with one attached hydrogen (secondary N) is 1. The Morgan fingerprint density at radius 1 is 1.33 bits per heavy atom. The zero-order valence-electron chi connectivity index (χ0n) is 10.8. The molecule has 0 bridgehead atoms. The summed E-state index contributed by atoms with van der Waals surface area (Å²) in [5.41, 5.74) is 1.98. The van der Waals surface area contributed by atoms with E-state index in [1.807, 2.05) is 38.1 Å². The number of amides is 1. The van der Waals surface area contributed by atoms with Crippen LogP contribution in [0.4, 0.5) is 0 Å². The zero-order chi connectivity index (χ0) is 13.5. The lowest BCUT2D eigenvalue weighted by atomic mass is 10.0. The third-order valence-corrected chi connectivity index (χ3v) is 2.80. The Kier molecular flexibility index (Phi) is 5.36. The lowest BCUT2D eigenvalue weighted by Crippen LogP contribution is -2.42. The van der Waals surface area contributed by atoms with Crippen molar-refractivity contribution in [2.24, 2.45) is 0 Å². The SMILES string of the molecule is CCCC(=O)NC(Cc1ccccc1C)C(=O)O. The molecule has 0 fully saturated rings. The predicted octanol–water partition coefficient (Wildman–Crippen LogP) is 1.91. The molecule has 0 radical (unpaired) electrons. The summed E-state index contributed by atoms with van der Waals surface area (Å²) >= 11 is 0. The van der Waals surface area contributed by atoms with E-state index in [0.717, 1.165) is 11.1 Å². The molecule has 98 valence electrons. The number of aryl methyl sites for hydroxylation is 1. The lowest BCUT2D eigenvalue weighted by molar-refractivity contribution is -0.141. The van der Waals surface area contributed by atoms with Gasteiger partial charge >= 0.3 is 5.97 Å². The van der Waals surface area contributed by atoms with Crippen LogP contribution < -0.4 is 5.32 Å². The molecule has 0 aliphatic heterocycles. The fourth-order valence-electron chi connectivity index (χ4n) is 1.75. The molecule has 0 aliphatic rings. The first-order valence-corrected chi connectivity index (χ1v) is 6.11. The zero-order valence-corrected chi connectivity index (χ0v) is 10.8. The third-order valence-electron chi connectivity index (χ3n) is 2.80.